The van der Waals surface area contributed by atoms with Gasteiger partial charge >= 0.3 is 0 Å². The van der Waals surface area contributed by atoms with Gasteiger partial charge in [-0.1, -0.05) is 0 Å². The van der Waals surface area contributed by atoms with E-state index < -0.39 is 0 Å². The van der Waals surface area contributed by atoms with Crippen LogP contribution in [-0.4, -0.2) is 55.2 Å². The molecule has 0 spiro atoms. The number of ether oxygens (including phenoxy) is 1. The van der Waals surface area contributed by atoms with Gasteiger partial charge in [-0.3, -0.25) is 4.99 Å². The highest BCUT2D eigenvalue weighted by molar-refractivity contribution is 7.16. The molecule has 7 heteroatoms. The molecule has 0 saturated carbocycles. The van der Waals surface area contributed by atoms with E-state index in [0.29, 0.717) is 6.10 Å². The second kappa shape index (κ2) is 9.48. The van der Waals surface area contributed by atoms with Crippen LogP contribution in [0.4, 0.5) is 0 Å². The molecule has 0 bridgehead atoms. The van der Waals surface area contributed by atoms with Gasteiger partial charge in [0.1, 0.15) is 0 Å². The number of thiazole rings is 1. The number of hydrogen-bond acceptors (Lipinski definition) is 5. The van der Waals surface area contributed by atoms with Crippen molar-refractivity contribution in [1.82, 2.24) is 15.2 Å². The molecule has 0 aromatic carbocycles. The molecule has 1 saturated heterocycles. The summed E-state index contributed by atoms with van der Waals surface area (Å²) in [6.45, 7) is 7.84. The first-order chi connectivity index (χ1) is 12.7. The highest BCUT2D eigenvalue weighted by Crippen LogP contribution is 2.29. The second-order valence-corrected chi connectivity index (χ2v) is 8.61. The largest absolute Gasteiger partial charge is 0.378 e. The maximum Gasteiger partial charge on any atom is 0.193 e. The Balaban J connectivity index is 1.46. The van der Waals surface area contributed by atoms with Gasteiger partial charge in [0.05, 0.1) is 21.7 Å². The summed E-state index contributed by atoms with van der Waals surface area (Å²) in [7, 11) is 1.87. The smallest absolute Gasteiger partial charge is 0.193 e. The molecule has 2 aromatic heterocycles. The summed E-state index contributed by atoms with van der Waals surface area (Å²) in [5.74, 6) is 1.01. The monoisotopic (exact) mass is 392 g/mol. The summed E-state index contributed by atoms with van der Waals surface area (Å²) in [5.41, 5.74) is 1.10. The van der Waals surface area contributed by atoms with Crippen LogP contribution >= 0.6 is 22.7 Å². The lowest BCUT2D eigenvalue weighted by Gasteiger charge is -2.34. The van der Waals surface area contributed by atoms with Gasteiger partial charge < -0.3 is 15.0 Å². The number of nitrogens with one attached hydrogen (secondary N) is 1. The molecular formula is C19H28N4OS2. The van der Waals surface area contributed by atoms with Crippen LogP contribution in [0.15, 0.2) is 22.5 Å². The lowest BCUT2D eigenvalue weighted by atomic mass is 10.1. The number of aromatic nitrogens is 1. The van der Waals surface area contributed by atoms with Gasteiger partial charge in [-0.25, -0.2) is 4.98 Å². The van der Waals surface area contributed by atoms with Crippen molar-refractivity contribution in [2.24, 2.45) is 4.99 Å². The van der Waals surface area contributed by atoms with E-state index in [1.165, 1.54) is 9.75 Å². The number of hydrogen-bond donors (Lipinski definition) is 1. The molecule has 0 amide bonds. The molecule has 3 heterocycles. The average molecular weight is 393 g/mol. The molecule has 5 nitrogen and oxygen atoms in total. The normalized spacial score (nSPS) is 16.3. The Bertz CT molecular complexity index is 717. The Kier molecular flexibility index (Phi) is 7.05. The fourth-order valence-corrected chi connectivity index (χ4v) is 4.88. The van der Waals surface area contributed by atoms with Gasteiger partial charge in [0, 0.05) is 43.5 Å². The van der Waals surface area contributed by atoms with E-state index in [1.807, 2.05) is 18.4 Å². The van der Waals surface area contributed by atoms with Crippen LogP contribution in [0.3, 0.4) is 0 Å². The van der Waals surface area contributed by atoms with E-state index in [9.17, 15) is 0 Å². The minimum absolute atomic E-state index is 0.410. The van der Waals surface area contributed by atoms with Crippen LogP contribution in [0.2, 0.25) is 0 Å². The molecule has 1 N–H and O–H groups in total. The summed E-state index contributed by atoms with van der Waals surface area (Å²) in [4.78, 5) is 14.0. The van der Waals surface area contributed by atoms with Crippen LogP contribution in [0.1, 0.15) is 29.7 Å². The van der Waals surface area contributed by atoms with E-state index in [0.717, 1.165) is 62.2 Å². The Morgan fingerprint density at radius 2 is 2.19 bits per heavy atom. The van der Waals surface area contributed by atoms with E-state index in [-0.39, 0.29) is 0 Å². The summed E-state index contributed by atoms with van der Waals surface area (Å²) >= 11 is 3.54. The number of rotatable bonds is 6. The Morgan fingerprint density at radius 3 is 2.85 bits per heavy atom. The number of aryl methyl sites for hydroxylation is 1. The third-order valence-corrected chi connectivity index (χ3v) is 6.48. The van der Waals surface area contributed by atoms with Crippen molar-refractivity contribution in [3.63, 3.8) is 0 Å². The van der Waals surface area contributed by atoms with Crippen molar-refractivity contribution in [1.29, 1.82) is 0 Å². The van der Waals surface area contributed by atoms with Crippen LogP contribution in [0.25, 0.3) is 10.6 Å². The minimum atomic E-state index is 0.410. The Labute approximate surface area is 164 Å². The number of piperidine rings is 1. The maximum atomic E-state index is 5.73. The topological polar surface area (TPSA) is 49.8 Å². The van der Waals surface area contributed by atoms with Gasteiger partial charge in [0.25, 0.3) is 0 Å². The van der Waals surface area contributed by atoms with E-state index in [1.54, 1.807) is 11.3 Å². The predicted molar refractivity (Wildman–Crippen MR) is 111 cm³/mol. The summed E-state index contributed by atoms with van der Waals surface area (Å²) in [5, 5.41) is 6.77. The highest BCUT2D eigenvalue weighted by atomic mass is 32.1. The van der Waals surface area contributed by atoms with Crippen molar-refractivity contribution in [2.45, 2.75) is 39.2 Å². The zero-order valence-corrected chi connectivity index (χ0v) is 17.5. The fraction of sp³-hybridized carbons (Fsp3) is 0.579. The first-order valence-electron chi connectivity index (χ1n) is 9.28. The van der Waals surface area contributed by atoms with Crippen molar-refractivity contribution < 1.29 is 4.74 Å². The first-order valence-corrected chi connectivity index (χ1v) is 11.0. The van der Waals surface area contributed by atoms with Crippen LogP contribution in [-0.2, 0) is 11.2 Å². The molecule has 1 aliphatic heterocycles. The number of aliphatic imine (C=N–C) groups is 1. The fourth-order valence-electron chi connectivity index (χ4n) is 3.23. The number of guanidine groups is 1. The maximum absolute atomic E-state index is 5.73. The molecule has 0 aliphatic carbocycles. The van der Waals surface area contributed by atoms with Crippen LogP contribution in [0, 0.1) is 6.92 Å². The van der Waals surface area contributed by atoms with Crippen molar-refractivity contribution in [3.8, 4) is 10.6 Å². The molecule has 2 aromatic rings. The van der Waals surface area contributed by atoms with Gasteiger partial charge in [0.15, 0.2) is 5.96 Å². The van der Waals surface area contributed by atoms with Gasteiger partial charge in [-0.05, 0) is 45.2 Å². The van der Waals surface area contributed by atoms with E-state index in [4.69, 9.17) is 4.74 Å². The standard InChI is InChI=1S/C19H28N4OS2/c1-4-24-15-8-11-23(12-9-15)19(20-3)21-10-7-16-5-6-18(26-16)17-13-25-14(2)22-17/h5-6,13,15H,4,7-12H2,1-3H3,(H,20,21). The van der Waals surface area contributed by atoms with Crippen LogP contribution < -0.4 is 5.32 Å². The Hall–Kier alpha value is -1.44. The van der Waals surface area contributed by atoms with E-state index in [2.05, 4.69) is 51.6 Å². The molecule has 3 rings (SSSR count). The SMILES string of the molecule is CCOC1CCN(C(=NC)NCCc2ccc(-c3csc(C)n3)s2)CC1. The summed E-state index contributed by atoms with van der Waals surface area (Å²) < 4.78 is 5.73. The molecule has 142 valence electrons. The minimum Gasteiger partial charge on any atom is -0.378 e. The highest BCUT2D eigenvalue weighted by Gasteiger charge is 2.21. The molecule has 1 aliphatic rings. The molecule has 0 atom stereocenters. The quantitative estimate of drug-likeness (QED) is 0.600. The zero-order chi connectivity index (χ0) is 18.4. The number of likely N-dealkylation sites (tertiary alicyclic amines) is 1. The third-order valence-electron chi connectivity index (χ3n) is 4.54. The molecule has 0 unspecified atom stereocenters. The zero-order valence-electron chi connectivity index (χ0n) is 15.8. The van der Waals surface area contributed by atoms with Gasteiger partial charge in [-0.2, -0.15) is 0 Å². The predicted octanol–water partition coefficient (Wildman–Crippen LogP) is 3.80. The molecule has 0 radical (unpaired) electrons. The molecule has 1 fully saturated rings. The van der Waals surface area contributed by atoms with Crippen LogP contribution in [0.5, 0.6) is 0 Å². The van der Waals surface area contributed by atoms with Crippen molar-refractivity contribution >= 4 is 28.6 Å². The lowest BCUT2D eigenvalue weighted by Crippen LogP contribution is -2.47. The summed E-state index contributed by atoms with van der Waals surface area (Å²) in [6, 6.07) is 4.40. The van der Waals surface area contributed by atoms with Crippen molar-refractivity contribution in [3.05, 3.63) is 27.4 Å². The first kappa shape index (κ1) is 19.3. The molecule has 26 heavy (non-hydrogen) atoms. The third kappa shape index (κ3) is 5.05. The second-order valence-electron chi connectivity index (χ2n) is 6.38. The Morgan fingerprint density at radius 1 is 1.38 bits per heavy atom. The average Bonchev–Trinajstić information content (AvgIpc) is 3.29. The number of nitrogens with zero attached hydrogens (tertiary/aromatic N) is 3. The molecular weight excluding hydrogens is 364 g/mol. The van der Waals surface area contributed by atoms with Crippen molar-refractivity contribution in [2.75, 3.05) is 33.3 Å². The van der Waals surface area contributed by atoms with E-state index >= 15 is 0 Å². The van der Waals surface area contributed by atoms with Gasteiger partial charge in [-0.15, -0.1) is 22.7 Å². The summed E-state index contributed by atoms with van der Waals surface area (Å²) in [6.07, 6.45) is 3.57. The number of thiophene rings is 1. The lowest BCUT2D eigenvalue weighted by molar-refractivity contribution is 0.0264. The van der Waals surface area contributed by atoms with Gasteiger partial charge in [0.2, 0.25) is 0 Å².